The Labute approximate surface area is 309 Å². The minimum absolute atomic E-state index is 0.522. The molecule has 0 aliphatic rings. The molecule has 294 valence electrons. The van der Waals surface area contributed by atoms with Crippen LogP contribution in [0.5, 0.6) is 5.75 Å². The molecule has 0 spiro atoms. The summed E-state index contributed by atoms with van der Waals surface area (Å²) in [6, 6.07) is 8.46. The predicted molar refractivity (Wildman–Crippen MR) is 200 cm³/mol. The van der Waals surface area contributed by atoms with Crippen LogP contribution < -0.4 is 4.74 Å². The zero-order valence-electron chi connectivity index (χ0n) is 31.4. The maximum Gasteiger partial charge on any atom is 0.119 e. The summed E-state index contributed by atoms with van der Waals surface area (Å²) in [7, 11) is 0. The van der Waals surface area contributed by atoms with E-state index in [1.165, 1.54) is 63.4 Å². The number of halogens is 1. The standard InChI is InChI=1S/C39H71ClO10/c1-2-3-4-5-6-7-10-13-38-14-16-39(17-15-38)50-37-36-49-35-34-48-33-32-47-31-30-46-29-28-45-27-26-44-25-24-43-23-22-42-21-20-41-19-12-9-8-11-18-40/h14-17H,2-13,18-37H2,1H3. The maximum atomic E-state index is 5.79. The fraction of sp³-hybridized carbons (Fsp3) is 0.846. The second kappa shape index (κ2) is 40.7. The van der Waals surface area contributed by atoms with Crippen LogP contribution in [0, 0.1) is 0 Å². The number of hydrogen-bond acceptors (Lipinski definition) is 10. The van der Waals surface area contributed by atoms with E-state index in [9.17, 15) is 0 Å². The molecule has 0 radical (unpaired) electrons. The molecule has 1 aromatic carbocycles. The summed E-state index contributed by atoms with van der Waals surface area (Å²) >= 11 is 5.66. The van der Waals surface area contributed by atoms with Crippen molar-refractivity contribution in [3.05, 3.63) is 29.8 Å². The minimum Gasteiger partial charge on any atom is -0.491 e. The van der Waals surface area contributed by atoms with Gasteiger partial charge >= 0.3 is 0 Å². The van der Waals surface area contributed by atoms with Crippen molar-refractivity contribution in [3.8, 4) is 5.75 Å². The normalized spacial score (nSPS) is 11.5. The highest BCUT2D eigenvalue weighted by atomic mass is 35.5. The van der Waals surface area contributed by atoms with E-state index in [4.69, 9.17) is 59.0 Å². The minimum atomic E-state index is 0.522. The van der Waals surface area contributed by atoms with E-state index in [0.29, 0.717) is 119 Å². The van der Waals surface area contributed by atoms with Crippen molar-refractivity contribution in [2.24, 2.45) is 0 Å². The molecule has 0 atom stereocenters. The van der Waals surface area contributed by atoms with E-state index in [-0.39, 0.29) is 0 Å². The lowest BCUT2D eigenvalue weighted by Crippen LogP contribution is -2.15. The second-order valence-electron chi connectivity index (χ2n) is 12.0. The molecule has 0 saturated carbocycles. The number of hydrogen-bond donors (Lipinski definition) is 0. The molecule has 1 rings (SSSR count). The molecule has 0 fully saturated rings. The van der Waals surface area contributed by atoms with Crippen molar-refractivity contribution >= 4 is 11.6 Å². The molecule has 0 heterocycles. The van der Waals surface area contributed by atoms with E-state index >= 15 is 0 Å². The van der Waals surface area contributed by atoms with Crippen LogP contribution in [0.2, 0.25) is 0 Å². The smallest absolute Gasteiger partial charge is 0.119 e. The van der Waals surface area contributed by atoms with Crippen molar-refractivity contribution in [2.45, 2.75) is 84.0 Å². The third-order valence-electron chi connectivity index (χ3n) is 7.64. The van der Waals surface area contributed by atoms with Crippen LogP contribution in [-0.4, -0.2) is 131 Å². The van der Waals surface area contributed by atoms with Gasteiger partial charge in [0.05, 0.1) is 112 Å². The zero-order chi connectivity index (χ0) is 35.7. The average Bonchev–Trinajstić information content (AvgIpc) is 3.13. The fourth-order valence-corrected chi connectivity index (χ4v) is 4.96. The van der Waals surface area contributed by atoms with Crippen molar-refractivity contribution in [1.82, 2.24) is 0 Å². The summed E-state index contributed by atoms with van der Waals surface area (Å²) in [4.78, 5) is 0. The molecule has 0 amide bonds. The Balaban J connectivity index is 1.69. The monoisotopic (exact) mass is 734 g/mol. The third-order valence-corrected chi connectivity index (χ3v) is 7.90. The summed E-state index contributed by atoms with van der Waals surface area (Å²) in [6.45, 7) is 12.8. The Hall–Kier alpha value is -1.05. The topological polar surface area (TPSA) is 92.3 Å². The first kappa shape index (κ1) is 47.0. The Kier molecular flexibility index (Phi) is 38.2. The quantitative estimate of drug-likeness (QED) is 0.0503. The first-order chi connectivity index (χ1) is 24.9. The van der Waals surface area contributed by atoms with E-state index in [1.807, 2.05) is 0 Å². The van der Waals surface area contributed by atoms with E-state index in [2.05, 4.69) is 31.2 Å². The summed E-state index contributed by atoms with van der Waals surface area (Å²) in [5.74, 6) is 1.63. The Bertz CT molecular complexity index is 774. The summed E-state index contributed by atoms with van der Waals surface area (Å²) in [6.07, 6.45) is 15.0. The van der Waals surface area contributed by atoms with Gasteiger partial charge in [0.15, 0.2) is 0 Å². The van der Waals surface area contributed by atoms with Gasteiger partial charge in [0.1, 0.15) is 12.4 Å². The van der Waals surface area contributed by atoms with Crippen molar-refractivity contribution in [3.63, 3.8) is 0 Å². The molecule has 0 aliphatic carbocycles. The summed E-state index contributed by atoms with van der Waals surface area (Å²) in [5, 5.41) is 0. The number of rotatable bonds is 42. The van der Waals surface area contributed by atoms with Crippen LogP contribution in [0.1, 0.15) is 83.1 Å². The van der Waals surface area contributed by atoms with E-state index in [0.717, 1.165) is 37.5 Å². The highest BCUT2D eigenvalue weighted by Crippen LogP contribution is 2.15. The van der Waals surface area contributed by atoms with Gasteiger partial charge in [-0.25, -0.2) is 0 Å². The van der Waals surface area contributed by atoms with Gasteiger partial charge < -0.3 is 47.4 Å². The molecule has 0 aliphatic heterocycles. The van der Waals surface area contributed by atoms with Gasteiger partial charge in [-0.1, -0.05) is 70.4 Å². The maximum absolute atomic E-state index is 5.79. The van der Waals surface area contributed by atoms with Crippen molar-refractivity contribution in [1.29, 1.82) is 0 Å². The van der Waals surface area contributed by atoms with Gasteiger partial charge in [-0.15, -0.1) is 11.6 Å². The van der Waals surface area contributed by atoms with Crippen LogP contribution in [-0.2, 0) is 49.1 Å². The Morgan fingerprint density at radius 2 is 0.700 bits per heavy atom. The van der Waals surface area contributed by atoms with Gasteiger partial charge in [-0.05, 0) is 43.4 Å². The Morgan fingerprint density at radius 1 is 0.360 bits per heavy atom. The molecule has 0 unspecified atom stereocenters. The van der Waals surface area contributed by atoms with Crippen LogP contribution in [0.25, 0.3) is 0 Å². The van der Waals surface area contributed by atoms with Crippen LogP contribution >= 0.6 is 11.6 Å². The van der Waals surface area contributed by atoms with Crippen LogP contribution in [0.3, 0.4) is 0 Å². The van der Waals surface area contributed by atoms with Gasteiger partial charge in [0, 0.05) is 12.5 Å². The van der Waals surface area contributed by atoms with Crippen LogP contribution in [0.4, 0.5) is 0 Å². The molecule has 1 aromatic rings. The van der Waals surface area contributed by atoms with Crippen molar-refractivity contribution in [2.75, 3.05) is 131 Å². The van der Waals surface area contributed by atoms with Gasteiger partial charge in [0.2, 0.25) is 0 Å². The lowest BCUT2D eigenvalue weighted by molar-refractivity contribution is -0.0254. The van der Waals surface area contributed by atoms with Gasteiger partial charge in [0.25, 0.3) is 0 Å². The second-order valence-corrected chi connectivity index (χ2v) is 12.4. The highest BCUT2D eigenvalue weighted by Gasteiger charge is 1.99. The number of ether oxygens (including phenoxy) is 10. The third kappa shape index (κ3) is 35.4. The Morgan fingerprint density at radius 3 is 1.12 bits per heavy atom. The summed E-state index contributed by atoms with van der Waals surface area (Å²) in [5.41, 5.74) is 1.38. The largest absolute Gasteiger partial charge is 0.491 e. The molecule has 50 heavy (non-hydrogen) atoms. The predicted octanol–water partition coefficient (Wildman–Crippen LogP) is 7.31. The number of unbranched alkanes of at least 4 members (excludes halogenated alkanes) is 9. The average molecular weight is 735 g/mol. The first-order valence-corrected chi connectivity index (χ1v) is 19.9. The molecule has 11 heteroatoms. The fourth-order valence-electron chi connectivity index (χ4n) is 4.77. The molecular weight excluding hydrogens is 664 g/mol. The highest BCUT2D eigenvalue weighted by molar-refractivity contribution is 6.17. The van der Waals surface area contributed by atoms with Crippen LogP contribution in [0.15, 0.2) is 24.3 Å². The van der Waals surface area contributed by atoms with E-state index < -0.39 is 0 Å². The molecule has 0 bridgehead atoms. The zero-order valence-corrected chi connectivity index (χ0v) is 32.2. The molecule has 0 N–H and O–H groups in total. The van der Waals surface area contributed by atoms with Gasteiger partial charge in [-0.3, -0.25) is 0 Å². The molecular formula is C39H71ClO10. The SMILES string of the molecule is CCCCCCCCCc1ccc(OCCOCCOCCOCCOCCOCCOCCOCCOCCOCCCCCCCl)cc1. The molecule has 0 saturated heterocycles. The summed E-state index contributed by atoms with van der Waals surface area (Å²) < 4.78 is 55.5. The lowest BCUT2D eigenvalue weighted by Gasteiger charge is -2.09. The van der Waals surface area contributed by atoms with Crippen molar-refractivity contribution < 1.29 is 47.4 Å². The number of aryl methyl sites for hydroxylation is 1. The number of alkyl halides is 1. The first-order valence-electron chi connectivity index (χ1n) is 19.3. The molecule has 10 nitrogen and oxygen atoms in total. The lowest BCUT2D eigenvalue weighted by atomic mass is 10.0. The van der Waals surface area contributed by atoms with Gasteiger partial charge in [-0.2, -0.15) is 0 Å². The van der Waals surface area contributed by atoms with E-state index in [1.54, 1.807) is 0 Å². The number of benzene rings is 1. The molecule has 0 aromatic heterocycles.